The van der Waals surface area contributed by atoms with Crippen LogP contribution in [0.2, 0.25) is 0 Å². The highest BCUT2D eigenvalue weighted by atomic mass is 19.4. The lowest BCUT2D eigenvalue weighted by atomic mass is 9.82. The van der Waals surface area contributed by atoms with Crippen molar-refractivity contribution in [2.45, 2.75) is 64.0 Å². The largest absolute Gasteiger partial charge is 0.419 e. The number of amides is 1. The third-order valence-corrected chi connectivity index (χ3v) is 7.80. The summed E-state index contributed by atoms with van der Waals surface area (Å²) < 4.78 is 56.8. The molecule has 1 saturated heterocycles. The Balaban J connectivity index is 1.42. The number of halogens is 4. The van der Waals surface area contributed by atoms with Crippen LogP contribution < -0.4 is 16.0 Å². The Hall–Kier alpha value is -3.53. The number of nitrogens with one attached hydrogen (secondary N) is 3. The van der Waals surface area contributed by atoms with Crippen LogP contribution in [0, 0.1) is 12.7 Å². The molecular weight excluding hydrogens is 510 g/mol. The van der Waals surface area contributed by atoms with Crippen molar-refractivity contribution >= 4 is 23.2 Å². The Morgan fingerprint density at radius 3 is 2.67 bits per heavy atom. The summed E-state index contributed by atoms with van der Waals surface area (Å²) >= 11 is 0. The van der Waals surface area contributed by atoms with Crippen LogP contribution in [0.4, 0.5) is 34.9 Å². The van der Waals surface area contributed by atoms with Gasteiger partial charge in [0.05, 0.1) is 16.7 Å². The van der Waals surface area contributed by atoms with E-state index >= 15 is 4.39 Å². The van der Waals surface area contributed by atoms with Gasteiger partial charge in [0.1, 0.15) is 5.82 Å². The van der Waals surface area contributed by atoms with Crippen molar-refractivity contribution in [1.82, 2.24) is 15.3 Å². The summed E-state index contributed by atoms with van der Waals surface area (Å²) in [6.45, 7) is 6.85. The standard InChI is InChI=1S/C29H31F4N5O/c1-16-21(12-10-19(25(16)30)18-7-5-13-34-14-18)37-27-35-15-20(29(31,32)33)22(38-27)11-9-17-6-4-8-23-24(17)28(2,3)26(39)36-23/h4,6,8,10,12,15,18,34H,5,7,9,11,13-14H2,1-3H3,(H,36,39)(H,35,37,38). The molecule has 0 aliphatic carbocycles. The summed E-state index contributed by atoms with van der Waals surface area (Å²) in [6.07, 6.45) is -1.77. The van der Waals surface area contributed by atoms with E-state index in [0.717, 1.165) is 36.7 Å². The van der Waals surface area contributed by atoms with Gasteiger partial charge in [-0.2, -0.15) is 13.2 Å². The zero-order valence-electron chi connectivity index (χ0n) is 22.1. The van der Waals surface area contributed by atoms with Gasteiger partial charge in [-0.05, 0) is 87.7 Å². The number of benzene rings is 2. The minimum absolute atomic E-state index is 0.0201. The van der Waals surface area contributed by atoms with Crippen LogP contribution in [0.3, 0.4) is 0 Å². The molecule has 206 valence electrons. The van der Waals surface area contributed by atoms with Gasteiger partial charge in [-0.1, -0.05) is 18.2 Å². The van der Waals surface area contributed by atoms with Crippen LogP contribution in [0.15, 0.2) is 36.5 Å². The minimum atomic E-state index is -4.64. The molecule has 3 N–H and O–H groups in total. The number of hydrogen-bond donors (Lipinski definition) is 3. The summed E-state index contributed by atoms with van der Waals surface area (Å²) in [6, 6.07) is 8.83. The van der Waals surface area contributed by atoms with Crippen LogP contribution >= 0.6 is 0 Å². The lowest BCUT2D eigenvalue weighted by Crippen LogP contribution is -2.29. The van der Waals surface area contributed by atoms with Crippen molar-refractivity contribution < 1.29 is 22.4 Å². The molecule has 1 amide bonds. The third-order valence-electron chi connectivity index (χ3n) is 7.80. The van der Waals surface area contributed by atoms with E-state index in [1.54, 1.807) is 45.0 Å². The third kappa shape index (κ3) is 5.22. The molecule has 6 nitrogen and oxygen atoms in total. The van der Waals surface area contributed by atoms with Crippen LogP contribution in [0.5, 0.6) is 0 Å². The predicted octanol–water partition coefficient (Wildman–Crippen LogP) is 6.17. The normalized spacial score (nSPS) is 18.5. The molecule has 0 spiro atoms. The van der Waals surface area contributed by atoms with Crippen LogP contribution in [0.1, 0.15) is 66.1 Å². The summed E-state index contributed by atoms with van der Waals surface area (Å²) in [5.41, 5.74) is 1.75. The summed E-state index contributed by atoms with van der Waals surface area (Å²) in [5, 5.41) is 9.05. The summed E-state index contributed by atoms with van der Waals surface area (Å²) in [7, 11) is 0. The van der Waals surface area contributed by atoms with E-state index in [9.17, 15) is 18.0 Å². The topological polar surface area (TPSA) is 78.9 Å². The van der Waals surface area contributed by atoms with Gasteiger partial charge in [-0.25, -0.2) is 14.4 Å². The van der Waals surface area contributed by atoms with Gasteiger partial charge < -0.3 is 16.0 Å². The Bertz CT molecular complexity index is 1410. The molecule has 2 aliphatic heterocycles. The molecule has 3 aromatic rings. The van der Waals surface area contributed by atoms with Crippen LogP contribution in [-0.2, 0) is 29.2 Å². The molecule has 1 atom stereocenters. The maximum absolute atomic E-state index is 15.3. The second-order valence-corrected chi connectivity index (χ2v) is 10.8. The highest BCUT2D eigenvalue weighted by Gasteiger charge is 2.40. The number of piperidine rings is 1. The predicted molar refractivity (Wildman–Crippen MR) is 142 cm³/mol. The van der Waals surface area contributed by atoms with E-state index in [1.807, 2.05) is 6.07 Å². The molecule has 1 aromatic heterocycles. The van der Waals surface area contributed by atoms with Crippen molar-refractivity contribution in [2.75, 3.05) is 23.7 Å². The van der Waals surface area contributed by atoms with Gasteiger partial charge in [0.15, 0.2) is 0 Å². The molecule has 0 radical (unpaired) electrons. The molecule has 0 bridgehead atoms. The van der Waals surface area contributed by atoms with Crippen molar-refractivity contribution in [3.63, 3.8) is 0 Å². The number of fused-ring (bicyclic) bond motifs is 1. The van der Waals surface area contributed by atoms with Gasteiger partial charge in [0.2, 0.25) is 11.9 Å². The fraction of sp³-hybridized carbons (Fsp3) is 0.414. The smallest absolute Gasteiger partial charge is 0.325 e. The average molecular weight is 542 g/mol. The van der Waals surface area contributed by atoms with Gasteiger partial charge in [0.25, 0.3) is 0 Å². The quantitative estimate of drug-likeness (QED) is 0.326. The molecular formula is C29H31F4N5O. The molecule has 1 unspecified atom stereocenters. The number of aromatic nitrogens is 2. The molecule has 2 aliphatic rings. The fourth-order valence-corrected chi connectivity index (χ4v) is 5.60. The van der Waals surface area contributed by atoms with Crippen LogP contribution in [-0.4, -0.2) is 29.0 Å². The number of nitrogens with zero attached hydrogens (tertiary/aromatic N) is 2. The number of alkyl halides is 3. The summed E-state index contributed by atoms with van der Waals surface area (Å²) in [4.78, 5) is 20.5. The first kappa shape index (κ1) is 27.1. The van der Waals surface area contributed by atoms with Crippen molar-refractivity contribution in [3.05, 3.63) is 75.9 Å². The Morgan fingerprint density at radius 1 is 1.15 bits per heavy atom. The second kappa shape index (κ2) is 10.2. The minimum Gasteiger partial charge on any atom is -0.325 e. The first-order valence-corrected chi connectivity index (χ1v) is 13.1. The zero-order chi connectivity index (χ0) is 27.9. The fourth-order valence-electron chi connectivity index (χ4n) is 5.60. The van der Waals surface area contributed by atoms with Crippen LogP contribution in [0.25, 0.3) is 0 Å². The number of carbonyl (C=O) groups excluding carboxylic acids is 1. The SMILES string of the molecule is Cc1c(Nc2ncc(C(F)(F)F)c(CCc3cccc4c3C(C)(C)C(=O)N4)n2)ccc(C2CCCNC2)c1F. The van der Waals surface area contributed by atoms with E-state index in [-0.39, 0.29) is 42.1 Å². The number of rotatable bonds is 6. The van der Waals surface area contributed by atoms with Gasteiger partial charge in [0, 0.05) is 29.7 Å². The lowest BCUT2D eigenvalue weighted by Gasteiger charge is -2.24. The highest BCUT2D eigenvalue weighted by Crippen LogP contribution is 2.40. The number of anilines is 3. The Kier molecular flexibility index (Phi) is 7.09. The molecule has 2 aromatic carbocycles. The number of carbonyl (C=O) groups is 1. The first-order valence-electron chi connectivity index (χ1n) is 13.1. The molecule has 3 heterocycles. The molecule has 0 saturated carbocycles. The molecule has 10 heteroatoms. The van der Waals surface area contributed by atoms with E-state index in [4.69, 9.17) is 0 Å². The maximum atomic E-state index is 15.3. The van der Waals surface area contributed by atoms with Gasteiger partial charge in [-0.15, -0.1) is 0 Å². The highest BCUT2D eigenvalue weighted by molar-refractivity contribution is 6.06. The van der Waals surface area contributed by atoms with Crippen molar-refractivity contribution in [1.29, 1.82) is 0 Å². The van der Waals surface area contributed by atoms with Crippen molar-refractivity contribution in [2.24, 2.45) is 0 Å². The van der Waals surface area contributed by atoms with Gasteiger partial charge in [-0.3, -0.25) is 4.79 Å². The van der Waals surface area contributed by atoms with E-state index in [1.165, 1.54) is 0 Å². The molecule has 5 rings (SSSR count). The Morgan fingerprint density at radius 2 is 1.95 bits per heavy atom. The average Bonchev–Trinajstić information content (AvgIpc) is 3.14. The molecule has 1 fully saturated rings. The van der Waals surface area contributed by atoms with E-state index in [0.29, 0.717) is 29.0 Å². The second-order valence-electron chi connectivity index (χ2n) is 10.8. The zero-order valence-corrected chi connectivity index (χ0v) is 22.1. The van der Waals surface area contributed by atoms with Gasteiger partial charge >= 0.3 is 6.18 Å². The van der Waals surface area contributed by atoms with Crippen molar-refractivity contribution in [3.8, 4) is 0 Å². The number of aryl methyl sites for hydroxylation is 2. The van der Waals surface area contributed by atoms with E-state index in [2.05, 4.69) is 25.9 Å². The monoisotopic (exact) mass is 541 g/mol. The maximum Gasteiger partial charge on any atom is 0.419 e. The Labute approximate surface area is 224 Å². The molecule has 39 heavy (non-hydrogen) atoms. The summed E-state index contributed by atoms with van der Waals surface area (Å²) in [5.74, 6) is -0.439. The lowest BCUT2D eigenvalue weighted by molar-refractivity contribution is -0.138. The van der Waals surface area contributed by atoms with E-state index < -0.39 is 17.2 Å². The first-order chi connectivity index (χ1) is 18.5. The number of hydrogen-bond acceptors (Lipinski definition) is 5.